The number of hydrogen-bond donors (Lipinski definition) is 1. The molecule has 5 heteroatoms. The van der Waals surface area contributed by atoms with Crippen molar-refractivity contribution in [2.45, 2.75) is 6.92 Å². The van der Waals surface area contributed by atoms with Crippen molar-refractivity contribution in [3.8, 4) is 6.07 Å². The van der Waals surface area contributed by atoms with Crippen LogP contribution in [0.3, 0.4) is 0 Å². The smallest absolute Gasteiger partial charge is 0.257 e. The predicted molar refractivity (Wildman–Crippen MR) is 73.1 cm³/mol. The van der Waals surface area contributed by atoms with E-state index in [1.54, 1.807) is 24.3 Å². The number of nitrogens with zero attached hydrogens (tertiary/aromatic N) is 2. The monoisotopic (exact) mass is 271 g/mol. The van der Waals surface area contributed by atoms with Gasteiger partial charge >= 0.3 is 0 Å². The summed E-state index contributed by atoms with van der Waals surface area (Å²) in [5.41, 5.74) is 2.20. The Morgan fingerprint density at radius 3 is 2.74 bits per heavy atom. The van der Waals surface area contributed by atoms with E-state index in [2.05, 4.69) is 10.3 Å². The van der Waals surface area contributed by atoms with Gasteiger partial charge in [-0.15, -0.1) is 0 Å². The number of nitrogens with one attached hydrogen (secondary N) is 1. The maximum atomic E-state index is 12.0. The summed E-state index contributed by atoms with van der Waals surface area (Å²) in [5, 5.41) is 11.7. The molecule has 2 aromatic rings. The van der Waals surface area contributed by atoms with Crippen molar-refractivity contribution in [1.29, 1.82) is 5.26 Å². The minimum absolute atomic E-state index is 0.292. The Bertz CT molecular complexity index is 659. The number of carbonyl (C=O) groups excluding carboxylic acids is 1. The molecule has 0 saturated carbocycles. The Labute approximate surface area is 115 Å². The van der Waals surface area contributed by atoms with E-state index in [4.69, 9.17) is 16.9 Å². The number of amides is 1. The van der Waals surface area contributed by atoms with Gasteiger partial charge in [-0.05, 0) is 37.3 Å². The number of nitriles is 1. The summed E-state index contributed by atoms with van der Waals surface area (Å²) in [6.07, 6.45) is 1.50. The lowest BCUT2D eigenvalue weighted by atomic mass is 10.2. The number of aryl methyl sites for hydroxylation is 1. The first-order valence-electron chi connectivity index (χ1n) is 5.54. The van der Waals surface area contributed by atoms with Crippen LogP contribution >= 0.6 is 11.6 Å². The largest absolute Gasteiger partial charge is 0.321 e. The van der Waals surface area contributed by atoms with E-state index in [1.165, 1.54) is 12.3 Å². The fraction of sp³-hybridized carbons (Fsp3) is 0.0714. The Kier molecular flexibility index (Phi) is 3.79. The Hall–Kier alpha value is -2.38. The topological polar surface area (TPSA) is 65.8 Å². The molecule has 0 aliphatic rings. The zero-order valence-corrected chi connectivity index (χ0v) is 10.9. The molecule has 0 spiro atoms. The lowest BCUT2D eigenvalue weighted by molar-refractivity contribution is 0.102. The van der Waals surface area contributed by atoms with Crippen LogP contribution in [0.15, 0.2) is 36.5 Å². The van der Waals surface area contributed by atoms with Crippen molar-refractivity contribution in [1.82, 2.24) is 4.98 Å². The molecule has 0 unspecified atom stereocenters. The molecule has 0 fully saturated rings. The zero-order valence-electron chi connectivity index (χ0n) is 10.1. The molecule has 4 nitrogen and oxygen atoms in total. The molecular formula is C14H10ClN3O. The van der Waals surface area contributed by atoms with Gasteiger partial charge in [0.1, 0.15) is 0 Å². The van der Waals surface area contributed by atoms with Crippen molar-refractivity contribution in [3.05, 3.63) is 58.4 Å². The fourth-order valence-electron chi connectivity index (χ4n) is 1.48. The third kappa shape index (κ3) is 3.09. The first-order valence-corrected chi connectivity index (χ1v) is 5.91. The maximum Gasteiger partial charge on any atom is 0.257 e. The summed E-state index contributed by atoms with van der Waals surface area (Å²) in [7, 11) is 0. The second-order valence-electron chi connectivity index (χ2n) is 3.95. The van der Waals surface area contributed by atoms with Crippen LogP contribution < -0.4 is 5.32 Å². The molecule has 0 saturated heterocycles. The van der Waals surface area contributed by atoms with Crippen LogP contribution in [0.5, 0.6) is 0 Å². The SMILES string of the molecule is Cc1ccc(C(=O)Nc2ccc(C#N)cc2Cl)cn1. The molecule has 1 aromatic heterocycles. The highest BCUT2D eigenvalue weighted by Gasteiger charge is 2.09. The Balaban J connectivity index is 2.20. The molecule has 2 rings (SSSR count). The number of aromatic nitrogens is 1. The second kappa shape index (κ2) is 5.51. The van der Waals surface area contributed by atoms with Crippen LogP contribution in [0.4, 0.5) is 5.69 Å². The highest BCUT2D eigenvalue weighted by Crippen LogP contribution is 2.23. The maximum absolute atomic E-state index is 12.0. The molecule has 1 heterocycles. The number of halogens is 1. The lowest BCUT2D eigenvalue weighted by Gasteiger charge is -2.07. The van der Waals surface area contributed by atoms with Crippen LogP contribution in [0, 0.1) is 18.3 Å². The number of benzene rings is 1. The van der Waals surface area contributed by atoms with Gasteiger partial charge in [-0.25, -0.2) is 0 Å². The highest BCUT2D eigenvalue weighted by atomic mass is 35.5. The molecule has 0 atom stereocenters. The summed E-state index contributed by atoms with van der Waals surface area (Å²) in [6.45, 7) is 1.85. The zero-order chi connectivity index (χ0) is 13.8. The summed E-state index contributed by atoms with van der Waals surface area (Å²) in [4.78, 5) is 16.0. The standard InChI is InChI=1S/C14H10ClN3O/c1-9-2-4-11(8-17-9)14(19)18-13-5-3-10(7-16)6-12(13)15/h2-6,8H,1H3,(H,18,19). The summed E-state index contributed by atoms with van der Waals surface area (Å²) in [6, 6.07) is 10.1. The van der Waals surface area contributed by atoms with Gasteiger partial charge in [-0.2, -0.15) is 5.26 Å². The van der Waals surface area contributed by atoms with E-state index >= 15 is 0 Å². The van der Waals surface area contributed by atoms with Gasteiger partial charge in [-0.3, -0.25) is 9.78 Å². The molecule has 0 aliphatic carbocycles. The van der Waals surface area contributed by atoms with Crippen molar-refractivity contribution in [2.75, 3.05) is 5.32 Å². The normalized spacial score (nSPS) is 9.74. The van der Waals surface area contributed by atoms with E-state index < -0.39 is 0 Å². The van der Waals surface area contributed by atoms with E-state index in [0.717, 1.165) is 5.69 Å². The molecular weight excluding hydrogens is 262 g/mol. The summed E-state index contributed by atoms with van der Waals surface area (Å²) >= 11 is 5.98. The van der Waals surface area contributed by atoms with Gasteiger partial charge in [0.15, 0.2) is 0 Å². The van der Waals surface area contributed by atoms with Crippen LogP contribution in [0.1, 0.15) is 21.6 Å². The Morgan fingerprint density at radius 1 is 1.37 bits per heavy atom. The molecule has 0 bridgehead atoms. The van der Waals surface area contributed by atoms with Crippen LogP contribution in [0.25, 0.3) is 0 Å². The van der Waals surface area contributed by atoms with Gasteiger partial charge in [0.25, 0.3) is 5.91 Å². The van der Waals surface area contributed by atoms with Gasteiger partial charge in [0.2, 0.25) is 0 Å². The molecule has 1 amide bonds. The number of carbonyl (C=O) groups is 1. The first kappa shape index (κ1) is 13.1. The van der Waals surface area contributed by atoms with E-state index in [9.17, 15) is 4.79 Å². The van der Waals surface area contributed by atoms with E-state index in [-0.39, 0.29) is 5.91 Å². The van der Waals surface area contributed by atoms with Gasteiger partial charge in [0, 0.05) is 11.9 Å². The third-order valence-corrected chi connectivity index (χ3v) is 2.83. The average Bonchev–Trinajstić information content (AvgIpc) is 2.41. The average molecular weight is 272 g/mol. The van der Waals surface area contributed by atoms with Crippen molar-refractivity contribution in [2.24, 2.45) is 0 Å². The molecule has 0 aliphatic heterocycles. The van der Waals surface area contributed by atoms with E-state index in [1.807, 2.05) is 13.0 Å². The second-order valence-corrected chi connectivity index (χ2v) is 4.36. The quantitative estimate of drug-likeness (QED) is 0.912. The van der Waals surface area contributed by atoms with E-state index in [0.29, 0.717) is 21.8 Å². The predicted octanol–water partition coefficient (Wildman–Crippen LogP) is 3.17. The number of rotatable bonds is 2. The molecule has 0 radical (unpaired) electrons. The number of anilines is 1. The van der Waals surface area contributed by atoms with Crippen molar-refractivity contribution in [3.63, 3.8) is 0 Å². The lowest BCUT2D eigenvalue weighted by Crippen LogP contribution is -2.12. The molecule has 19 heavy (non-hydrogen) atoms. The van der Waals surface area contributed by atoms with Crippen LogP contribution in [-0.4, -0.2) is 10.9 Å². The van der Waals surface area contributed by atoms with Gasteiger partial charge in [-0.1, -0.05) is 11.6 Å². The molecule has 94 valence electrons. The molecule has 1 N–H and O–H groups in total. The van der Waals surface area contributed by atoms with Crippen LogP contribution in [0.2, 0.25) is 5.02 Å². The van der Waals surface area contributed by atoms with Crippen LogP contribution in [-0.2, 0) is 0 Å². The highest BCUT2D eigenvalue weighted by molar-refractivity contribution is 6.34. The number of pyridine rings is 1. The van der Waals surface area contributed by atoms with Crippen molar-refractivity contribution < 1.29 is 4.79 Å². The first-order chi connectivity index (χ1) is 9.10. The van der Waals surface area contributed by atoms with Crippen molar-refractivity contribution >= 4 is 23.2 Å². The summed E-state index contributed by atoms with van der Waals surface area (Å²) in [5.74, 6) is -0.292. The minimum atomic E-state index is -0.292. The number of hydrogen-bond acceptors (Lipinski definition) is 3. The Morgan fingerprint density at radius 2 is 2.16 bits per heavy atom. The van der Waals surface area contributed by atoms with Gasteiger partial charge in [0.05, 0.1) is 27.9 Å². The third-order valence-electron chi connectivity index (χ3n) is 2.52. The summed E-state index contributed by atoms with van der Waals surface area (Å²) < 4.78 is 0. The molecule has 1 aromatic carbocycles. The minimum Gasteiger partial charge on any atom is -0.321 e. The van der Waals surface area contributed by atoms with Gasteiger partial charge < -0.3 is 5.32 Å². The fourth-order valence-corrected chi connectivity index (χ4v) is 1.71.